The fraction of sp³-hybridized carbons (Fsp3) is 0.500. The molecule has 78 valence electrons. The van der Waals surface area contributed by atoms with Gasteiger partial charge in [-0.3, -0.25) is 0 Å². The SMILES string of the molecule is Cc1cc(Br)ccc1NCCC(C)C. The molecule has 1 aromatic carbocycles. The molecular formula is C12H18BrN. The van der Waals surface area contributed by atoms with Crippen molar-refractivity contribution >= 4 is 21.6 Å². The van der Waals surface area contributed by atoms with E-state index in [0.717, 1.165) is 16.9 Å². The van der Waals surface area contributed by atoms with E-state index in [1.54, 1.807) is 0 Å². The molecule has 1 N–H and O–H groups in total. The van der Waals surface area contributed by atoms with Gasteiger partial charge in [-0.2, -0.15) is 0 Å². The Morgan fingerprint density at radius 2 is 2.07 bits per heavy atom. The minimum Gasteiger partial charge on any atom is -0.385 e. The normalized spacial score (nSPS) is 10.6. The Labute approximate surface area is 95.0 Å². The van der Waals surface area contributed by atoms with Gasteiger partial charge in [-0.25, -0.2) is 0 Å². The molecule has 1 aromatic rings. The summed E-state index contributed by atoms with van der Waals surface area (Å²) >= 11 is 3.46. The molecule has 0 spiro atoms. The zero-order valence-electron chi connectivity index (χ0n) is 9.10. The predicted octanol–water partition coefficient (Wildman–Crippen LogP) is 4.22. The van der Waals surface area contributed by atoms with E-state index in [9.17, 15) is 0 Å². The quantitative estimate of drug-likeness (QED) is 0.850. The van der Waals surface area contributed by atoms with Crippen molar-refractivity contribution in [2.75, 3.05) is 11.9 Å². The second kappa shape index (κ2) is 5.40. The fourth-order valence-corrected chi connectivity index (χ4v) is 1.80. The van der Waals surface area contributed by atoms with Crippen LogP contribution in [0.4, 0.5) is 5.69 Å². The van der Waals surface area contributed by atoms with Gasteiger partial charge in [0.2, 0.25) is 0 Å². The Morgan fingerprint density at radius 3 is 2.64 bits per heavy atom. The number of rotatable bonds is 4. The second-order valence-electron chi connectivity index (χ2n) is 4.07. The maximum atomic E-state index is 3.46. The van der Waals surface area contributed by atoms with Gasteiger partial charge in [-0.15, -0.1) is 0 Å². The summed E-state index contributed by atoms with van der Waals surface area (Å²) < 4.78 is 1.14. The Morgan fingerprint density at radius 1 is 1.36 bits per heavy atom. The summed E-state index contributed by atoms with van der Waals surface area (Å²) in [5.41, 5.74) is 2.54. The molecule has 0 heterocycles. The maximum Gasteiger partial charge on any atom is 0.0370 e. The van der Waals surface area contributed by atoms with Crippen molar-refractivity contribution in [3.05, 3.63) is 28.2 Å². The highest BCUT2D eigenvalue weighted by Crippen LogP contribution is 2.20. The standard InChI is InChI=1S/C12H18BrN/c1-9(2)6-7-14-12-5-4-11(13)8-10(12)3/h4-5,8-9,14H,6-7H2,1-3H3. The lowest BCUT2D eigenvalue weighted by molar-refractivity contribution is 0.607. The molecule has 14 heavy (non-hydrogen) atoms. The minimum absolute atomic E-state index is 0.762. The van der Waals surface area contributed by atoms with E-state index in [0.29, 0.717) is 0 Å². The molecule has 1 rings (SSSR count). The zero-order chi connectivity index (χ0) is 10.6. The van der Waals surface area contributed by atoms with Crippen molar-refractivity contribution in [3.63, 3.8) is 0 Å². The summed E-state index contributed by atoms with van der Waals surface area (Å²) in [6.07, 6.45) is 1.22. The molecule has 0 fully saturated rings. The van der Waals surface area contributed by atoms with Crippen LogP contribution in [-0.4, -0.2) is 6.54 Å². The van der Waals surface area contributed by atoms with Crippen LogP contribution in [0.2, 0.25) is 0 Å². The van der Waals surface area contributed by atoms with Crippen LogP contribution in [0, 0.1) is 12.8 Å². The van der Waals surface area contributed by atoms with E-state index < -0.39 is 0 Å². The molecule has 0 saturated carbocycles. The molecule has 0 aliphatic rings. The molecule has 2 heteroatoms. The molecule has 0 aromatic heterocycles. The number of nitrogens with one attached hydrogen (secondary N) is 1. The fourth-order valence-electron chi connectivity index (χ4n) is 1.32. The summed E-state index contributed by atoms with van der Waals surface area (Å²) in [6, 6.07) is 6.34. The third-order valence-corrected chi connectivity index (χ3v) is 2.72. The van der Waals surface area contributed by atoms with Crippen molar-refractivity contribution in [2.45, 2.75) is 27.2 Å². The smallest absolute Gasteiger partial charge is 0.0370 e. The number of hydrogen-bond acceptors (Lipinski definition) is 1. The van der Waals surface area contributed by atoms with E-state index in [-0.39, 0.29) is 0 Å². The molecule has 0 saturated heterocycles. The summed E-state index contributed by atoms with van der Waals surface area (Å²) in [5, 5.41) is 3.45. The van der Waals surface area contributed by atoms with E-state index >= 15 is 0 Å². The van der Waals surface area contributed by atoms with E-state index in [1.165, 1.54) is 17.7 Å². The van der Waals surface area contributed by atoms with Crippen LogP contribution in [0.1, 0.15) is 25.8 Å². The third-order valence-electron chi connectivity index (χ3n) is 2.23. The lowest BCUT2D eigenvalue weighted by atomic mass is 10.1. The Hall–Kier alpha value is -0.500. The van der Waals surface area contributed by atoms with Gasteiger partial charge in [0.15, 0.2) is 0 Å². The molecular weight excluding hydrogens is 238 g/mol. The van der Waals surface area contributed by atoms with Crippen molar-refractivity contribution in [1.82, 2.24) is 0 Å². The Balaban J connectivity index is 2.51. The van der Waals surface area contributed by atoms with Gasteiger partial charge in [0.1, 0.15) is 0 Å². The van der Waals surface area contributed by atoms with Crippen molar-refractivity contribution < 1.29 is 0 Å². The van der Waals surface area contributed by atoms with Gasteiger partial charge in [-0.05, 0) is 43.0 Å². The monoisotopic (exact) mass is 255 g/mol. The van der Waals surface area contributed by atoms with E-state index in [1.807, 2.05) is 0 Å². The van der Waals surface area contributed by atoms with E-state index in [4.69, 9.17) is 0 Å². The zero-order valence-corrected chi connectivity index (χ0v) is 10.7. The molecule has 0 aliphatic carbocycles. The van der Waals surface area contributed by atoms with Crippen LogP contribution in [0.3, 0.4) is 0 Å². The van der Waals surface area contributed by atoms with Gasteiger partial charge in [0, 0.05) is 16.7 Å². The molecule has 0 radical (unpaired) electrons. The first kappa shape index (κ1) is 11.6. The predicted molar refractivity (Wildman–Crippen MR) is 66.8 cm³/mol. The van der Waals surface area contributed by atoms with Crippen LogP contribution >= 0.6 is 15.9 Å². The summed E-state index contributed by atoms with van der Waals surface area (Å²) in [7, 11) is 0. The van der Waals surface area contributed by atoms with Crippen molar-refractivity contribution in [1.29, 1.82) is 0 Å². The van der Waals surface area contributed by atoms with Gasteiger partial charge < -0.3 is 5.32 Å². The Kier molecular flexibility index (Phi) is 4.46. The first-order valence-corrected chi connectivity index (χ1v) is 5.89. The average Bonchev–Trinajstić information content (AvgIpc) is 2.08. The molecule has 1 nitrogen and oxygen atoms in total. The van der Waals surface area contributed by atoms with Crippen LogP contribution in [0.15, 0.2) is 22.7 Å². The maximum absolute atomic E-state index is 3.46. The highest BCUT2D eigenvalue weighted by Gasteiger charge is 1.98. The highest BCUT2D eigenvalue weighted by molar-refractivity contribution is 9.10. The first-order valence-electron chi connectivity index (χ1n) is 5.09. The first-order chi connectivity index (χ1) is 6.59. The van der Waals surface area contributed by atoms with Crippen LogP contribution in [0.5, 0.6) is 0 Å². The topological polar surface area (TPSA) is 12.0 Å². The molecule has 0 unspecified atom stereocenters. The minimum atomic E-state index is 0.762. The van der Waals surface area contributed by atoms with Crippen LogP contribution < -0.4 is 5.32 Å². The van der Waals surface area contributed by atoms with E-state index in [2.05, 4.69) is 60.2 Å². The van der Waals surface area contributed by atoms with Crippen molar-refractivity contribution in [2.24, 2.45) is 5.92 Å². The lowest BCUT2D eigenvalue weighted by Gasteiger charge is -2.10. The third kappa shape index (κ3) is 3.70. The molecule has 0 amide bonds. The van der Waals surface area contributed by atoms with Gasteiger partial charge >= 0.3 is 0 Å². The van der Waals surface area contributed by atoms with Gasteiger partial charge in [0.25, 0.3) is 0 Å². The van der Waals surface area contributed by atoms with Gasteiger partial charge in [-0.1, -0.05) is 29.8 Å². The molecule has 0 bridgehead atoms. The average molecular weight is 256 g/mol. The number of aryl methyl sites for hydroxylation is 1. The number of benzene rings is 1. The van der Waals surface area contributed by atoms with Gasteiger partial charge in [0.05, 0.1) is 0 Å². The second-order valence-corrected chi connectivity index (χ2v) is 4.98. The molecule has 0 aliphatic heterocycles. The largest absolute Gasteiger partial charge is 0.385 e. The van der Waals surface area contributed by atoms with Crippen molar-refractivity contribution in [3.8, 4) is 0 Å². The lowest BCUT2D eigenvalue weighted by Crippen LogP contribution is -2.05. The number of hydrogen-bond donors (Lipinski definition) is 1. The molecule has 0 atom stereocenters. The van der Waals surface area contributed by atoms with Crippen LogP contribution in [-0.2, 0) is 0 Å². The highest BCUT2D eigenvalue weighted by atomic mass is 79.9. The van der Waals surface area contributed by atoms with Crippen LogP contribution in [0.25, 0.3) is 0 Å². The summed E-state index contributed by atoms with van der Waals surface area (Å²) in [5.74, 6) is 0.762. The number of halogens is 1. The summed E-state index contributed by atoms with van der Waals surface area (Å²) in [4.78, 5) is 0. The number of anilines is 1. The Bertz CT molecular complexity index is 294. The summed E-state index contributed by atoms with van der Waals surface area (Å²) in [6.45, 7) is 7.68.